The minimum atomic E-state index is -0.954. The number of methoxy groups -OCH3 is 1. The van der Waals surface area contributed by atoms with Gasteiger partial charge in [0.1, 0.15) is 6.26 Å². The molecule has 1 amide bonds. The largest absolute Gasteiger partial charge is 0.502 e. The highest BCUT2D eigenvalue weighted by Crippen LogP contribution is 2.14. The fraction of sp³-hybridized carbons (Fsp3) is 0.250. The summed E-state index contributed by atoms with van der Waals surface area (Å²) in [5.74, 6) is -0.633. The molecule has 0 aliphatic heterocycles. The van der Waals surface area contributed by atoms with E-state index in [2.05, 4.69) is 20.6 Å². The summed E-state index contributed by atoms with van der Waals surface area (Å²) in [7, 11) is 1.49. The first-order chi connectivity index (χ1) is 11.5. The van der Waals surface area contributed by atoms with Crippen molar-refractivity contribution in [2.75, 3.05) is 17.7 Å². The van der Waals surface area contributed by atoms with Gasteiger partial charge >= 0.3 is 5.97 Å². The number of carbonyl (C=O) groups is 2. The fourth-order valence-corrected chi connectivity index (χ4v) is 1.74. The van der Waals surface area contributed by atoms with Crippen molar-refractivity contribution in [3.8, 4) is 0 Å². The number of aryl methyl sites for hydroxylation is 1. The molecule has 0 saturated heterocycles. The predicted molar refractivity (Wildman–Crippen MR) is 90.3 cm³/mol. The standard InChI is InChI=1S/C16H20N4O4/c1-4-12(15(22)23)6-5-7-13(9-24-3)20-16-17-8-14(18-10-21)11(2)19-16/h4-5,7-10H,6H2,1-3H3,(H,18,21)(H,22,23)(H,17,19,20)/b7-5?,12-4+,13-9-. The van der Waals surface area contributed by atoms with Crippen LogP contribution in [0.1, 0.15) is 19.0 Å². The van der Waals surface area contributed by atoms with E-state index in [4.69, 9.17) is 9.84 Å². The number of aliphatic carboxylic acids is 1. The van der Waals surface area contributed by atoms with E-state index in [-0.39, 0.29) is 6.42 Å². The Bertz CT molecular complexity index is 681. The Morgan fingerprint density at radius 1 is 1.46 bits per heavy atom. The Kier molecular flexibility index (Phi) is 7.69. The van der Waals surface area contributed by atoms with Gasteiger partial charge in [-0.05, 0) is 26.3 Å². The number of nitrogens with zero attached hydrogens (tertiary/aromatic N) is 2. The number of hydrogen-bond donors (Lipinski definition) is 3. The van der Waals surface area contributed by atoms with Crippen molar-refractivity contribution in [3.05, 3.63) is 47.7 Å². The summed E-state index contributed by atoms with van der Waals surface area (Å²) >= 11 is 0. The molecule has 0 saturated carbocycles. The van der Waals surface area contributed by atoms with Crippen LogP contribution >= 0.6 is 0 Å². The third kappa shape index (κ3) is 5.91. The molecule has 0 bridgehead atoms. The first kappa shape index (κ1) is 18.9. The van der Waals surface area contributed by atoms with Crippen molar-refractivity contribution in [2.24, 2.45) is 0 Å². The van der Waals surface area contributed by atoms with Gasteiger partial charge in [0.15, 0.2) is 0 Å². The molecule has 1 rings (SSSR count). The van der Waals surface area contributed by atoms with Crippen LogP contribution in [-0.4, -0.2) is 34.6 Å². The summed E-state index contributed by atoms with van der Waals surface area (Å²) in [6.07, 6.45) is 8.67. The second-order valence-corrected chi connectivity index (χ2v) is 4.61. The molecule has 128 valence electrons. The van der Waals surface area contributed by atoms with Gasteiger partial charge in [-0.1, -0.05) is 12.2 Å². The average molecular weight is 332 g/mol. The van der Waals surface area contributed by atoms with Gasteiger partial charge in [0.05, 0.1) is 30.4 Å². The van der Waals surface area contributed by atoms with Crippen LogP contribution in [0.5, 0.6) is 0 Å². The zero-order valence-electron chi connectivity index (χ0n) is 13.7. The lowest BCUT2D eigenvalue weighted by atomic mass is 10.1. The second kappa shape index (κ2) is 9.78. The molecule has 8 nitrogen and oxygen atoms in total. The van der Waals surface area contributed by atoms with Crippen molar-refractivity contribution >= 4 is 24.0 Å². The predicted octanol–water partition coefficient (Wildman–Crippen LogP) is 2.23. The first-order valence-corrected chi connectivity index (χ1v) is 7.10. The number of ether oxygens (including phenoxy) is 1. The number of nitrogens with one attached hydrogen (secondary N) is 2. The number of hydrogen-bond acceptors (Lipinski definition) is 6. The topological polar surface area (TPSA) is 113 Å². The Labute approximate surface area is 140 Å². The maximum atomic E-state index is 10.9. The second-order valence-electron chi connectivity index (χ2n) is 4.61. The van der Waals surface area contributed by atoms with Gasteiger partial charge in [-0.2, -0.15) is 0 Å². The highest BCUT2D eigenvalue weighted by molar-refractivity contribution is 5.86. The molecular formula is C16H20N4O4. The van der Waals surface area contributed by atoms with E-state index in [1.54, 1.807) is 32.1 Å². The maximum Gasteiger partial charge on any atom is 0.331 e. The van der Waals surface area contributed by atoms with E-state index in [0.29, 0.717) is 35.0 Å². The van der Waals surface area contributed by atoms with Gasteiger partial charge < -0.3 is 20.5 Å². The summed E-state index contributed by atoms with van der Waals surface area (Å²) in [5, 5.41) is 14.4. The lowest BCUT2D eigenvalue weighted by molar-refractivity contribution is -0.132. The van der Waals surface area contributed by atoms with Crippen LogP contribution in [0.15, 0.2) is 42.0 Å². The van der Waals surface area contributed by atoms with Gasteiger partial charge in [-0.3, -0.25) is 4.79 Å². The number of carboxylic acid groups (broad SMARTS) is 1. The average Bonchev–Trinajstić information content (AvgIpc) is 2.54. The molecule has 1 heterocycles. The van der Waals surface area contributed by atoms with Crippen LogP contribution in [0.3, 0.4) is 0 Å². The fourth-order valence-electron chi connectivity index (χ4n) is 1.74. The Morgan fingerprint density at radius 3 is 2.75 bits per heavy atom. The molecule has 0 aliphatic carbocycles. The van der Waals surface area contributed by atoms with Crippen LogP contribution < -0.4 is 10.6 Å². The monoisotopic (exact) mass is 332 g/mol. The molecule has 0 spiro atoms. The smallest absolute Gasteiger partial charge is 0.331 e. The highest BCUT2D eigenvalue weighted by Gasteiger charge is 2.05. The molecule has 1 aromatic rings. The minimum absolute atomic E-state index is 0.274. The normalized spacial score (nSPS) is 12.1. The van der Waals surface area contributed by atoms with Crippen LogP contribution in [0.2, 0.25) is 0 Å². The third-order valence-electron chi connectivity index (χ3n) is 2.95. The number of rotatable bonds is 9. The molecule has 0 aliphatic rings. The van der Waals surface area contributed by atoms with Gasteiger partial charge in [0.25, 0.3) is 0 Å². The zero-order chi connectivity index (χ0) is 17.9. The highest BCUT2D eigenvalue weighted by atomic mass is 16.5. The van der Waals surface area contributed by atoms with E-state index in [0.717, 1.165) is 0 Å². The quantitative estimate of drug-likeness (QED) is 0.275. The van der Waals surface area contributed by atoms with Crippen molar-refractivity contribution in [1.29, 1.82) is 0 Å². The van der Waals surface area contributed by atoms with Crippen molar-refractivity contribution in [2.45, 2.75) is 20.3 Å². The summed E-state index contributed by atoms with van der Waals surface area (Å²) in [5.41, 5.74) is 1.96. The third-order valence-corrected chi connectivity index (χ3v) is 2.95. The van der Waals surface area contributed by atoms with Crippen LogP contribution in [-0.2, 0) is 14.3 Å². The molecule has 24 heavy (non-hydrogen) atoms. The molecule has 0 aromatic carbocycles. The van der Waals surface area contributed by atoms with Gasteiger partial charge in [0.2, 0.25) is 12.4 Å². The summed E-state index contributed by atoms with van der Waals surface area (Å²) in [6.45, 7) is 3.41. The number of aromatic nitrogens is 2. The summed E-state index contributed by atoms with van der Waals surface area (Å²) < 4.78 is 4.98. The summed E-state index contributed by atoms with van der Waals surface area (Å²) in [6, 6.07) is 0. The molecule has 1 aromatic heterocycles. The Morgan fingerprint density at radius 2 is 2.21 bits per heavy atom. The molecule has 0 unspecified atom stereocenters. The van der Waals surface area contributed by atoms with Gasteiger partial charge in [-0.25, -0.2) is 14.8 Å². The Balaban J connectivity index is 2.83. The molecular weight excluding hydrogens is 312 g/mol. The summed E-state index contributed by atoms with van der Waals surface area (Å²) in [4.78, 5) is 29.7. The SMILES string of the molecule is C/C=C(\CC=C/C(=C/OC)Nc1ncc(NC=O)c(C)n1)C(=O)O. The zero-order valence-corrected chi connectivity index (χ0v) is 13.7. The van der Waals surface area contributed by atoms with E-state index in [9.17, 15) is 9.59 Å². The number of carbonyl (C=O) groups excluding carboxylic acids is 1. The van der Waals surface area contributed by atoms with Crippen LogP contribution in [0.4, 0.5) is 11.6 Å². The number of allylic oxidation sites excluding steroid dienone is 3. The van der Waals surface area contributed by atoms with E-state index in [1.807, 2.05) is 0 Å². The van der Waals surface area contributed by atoms with E-state index in [1.165, 1.54) is 19.6 Å². The lowest BCUT2D eigenvalue weighted by Crippen LogP contribution is -2.06. The molecule has 0 fully saturated rings. The number of anilines is 2. The molecule has 3 N–H and O–H groups in total. The Hall–Kier alpha value is -3.16. The van der Waals surface area contributed by atoms with Gasteiger partial charge in [0, 0.05) is 5.57 Å². The van der Waals surface area contributed by atoms with Crippen molar-refractivity contribution < 1.29 is 19.4 Å². The molecule has 8 heteroatoms. The first-order valence-electron chi connectivity index (χ1n) is 7.10. The van der Waals surface area contributed by atoms with Crippen LogP contribution in [0, 0.1) is 6.92 Å². The number of amides is 1. The van der Waals surface area contributed by atoms with Crippen LogP contribution in [0.25, 0.3) is 0 Å². The lowest BCUT2D eigenvalue weighted by Gasteiger charge is -2.08. The van der Waals surface area contributed by atoms with Gasteiger partial charge in [-0.15, -0.1) is 0 Å². The van der Waals surface area contributed by atoms with Crippen molar-refractivity contribution in [3.63, 3.8) is 0 Å². The number of carboxylic acids is 1. The van der Waals surface area contributed by atoms with E-state index < -0.39 is 5.97 Å². The maximum absolute atomic E-state index is 10.9. The van der Waals surface area contributed by atoms with E-state index >= 15 is 0 Å². The molecule has 0 radical (unpaired) electrons. The van der Waals surface area contributed by atoms with Crippen molar-refractivity contribution in [1.82, 2.24) is 9.97 Å². The minimum Gasteiger partial charge on any atom is -0.502 e. The molecule has 0 atom stereocenters.